The first kappa shape index (κ1) is 28.5. The minimum absolute atomic E-state index is 0.0626. The molecule has 2 heterocycles. The molecule has 4 atom stereocenters. The summed E-state index contributed by atoms with van der Waals surface area (Å²) < 4.78 is 6.45. The average Bonchev–Trinajstić information content (AvgIpc) is 3.42. The highest BCUT2D eigenvalue weighted by molar-refractivity contribution is 7.21. The lowest BCUT2D eigenvalue weighted by molar-refractivity contribution is -0.124. The quantitative estimate of drug-likeness (QED) is 0.158. The first-order valence-electron chi connectivity index (χ1n) is 14.1. The zero-order valence-electron chi connectivity index (χ0n) is 23.3. The Bertz CT molecular complexity index is 1740. The Hall–Kier alpha value is -4.58. The molecular formula is C32H32N6O4S. The molecule has 8 N–H and O–H groups in total. The number of nitrogen functional groups attached to an aromatic ring is 1. The van der Waals surface area contributed by atoms with E-state index in [0.717, 1.165) is 19.3 Å². The molecule has 2 amide bonds. The van der Waals surface area contributed by atoms with E-state index in [4.69, 9.17) is 21.9 Å². The zero-order chi connectivity index (χ0) is 30.3. The van der Waals surface area contributed by atoms with Crippen LogP contribution >= 0.6 is 11.3 Å². The lowest BCUT2D eigenvalue weighted by Gasteiger charge is -2.36. The largest absolute Gasteiger partial charge is 0.439 e. The second-order valence-electron chi connectivity index (χ2n) is 10.9. The van der Waals surface area contributed by atoms with Crippen LogP contribution < -0.4 is 32.6 Å². The number of thiophene rings is 1. The minimum Gasteiger partial charge on any atom is -0.439 e. The van der Waals surface area contributed by atoms with Gasteiger partial charge in [-0.1, -0.05) is 30.8 Å². The Morgan fingerprint density at radius 2 is 1.81 bits per heavy atom. The van der Waals surface area contributed by atoms with E-state index in [1.165, 1.54) is 23.6 Å². The number of aromatic nitrogens is 1. The Labute approximate surface area is 252 Å². The van der Waals surface area contributed by atoms with Crippen molar-refractivity contribution in [1.29, 1.82) is 0 Å². The molecule has 10 nitrogen and oxygen atoms in total. The van der Waals surface area contributed by atoms with Crippen LogP contribution in [0.4, 0.5) is 5.69 Å². The second kappa shape index (κ2) is 11.3. The highest BCUT2D eigenvalue weighted by Crippen LogP contribution is 2.49. The number of Topliss-reactive ketones (excluding diaryl/α,β-unsaturated/α-hetero) is 1. The first-order chi connectivity index (χ1) is 20.7. The molecule has 4 aromatic rings. The van der Waals surface area contributed by atoms with Crippen LogP contribution in [-0.2, 0) is 15.1 Å². The molecule has 0 bridgehead atoms. The summed E-state index contributed by atoms with van der Waals surface area (Å²) in [4.78, 5) is 44.3. The van der Waals surface area contributed by atoms with E-state index in [2.05, 4.69) is 22.2 Å². The molecule has 2 aliphatic carbocycles. The van der Waals surface area contributed by atoms with Crippen LogP contribution in [0.1, 0.15) is 58.1 Å². The Kier molecular flexibility index (Phi) is 7.47. The van der Waals surface area contributed by atoms with Crippen molar-refractivity contribution in [3.63, 3.8) is 0 Å². The lowest BCUT2D eigenvalue weighted by atomic mass is 9.71. The maximum absolute atomic E-state index is 14.0. The molecule has 0 saturated heterocycles. The summed E-state index contributed by atoms with van der Waals surface area (Å²) in [6.45, 7) is 3.51. The molecule has 6 rings (SSSR count). The number of nitrogens with two attached hydrogens (primary N) is 3. The summed E-state index contributed by atoms with van der Waals surface area (Å²) in [6, 6.07) is 14.6. The zero-order valence-corrected chi connectivity index (χ0v) is 24.2. The van der Waals surface area contributed by atoms with Gasteiger partial charge in [0.25, 0.3) is 5.91 Å². The number of hydrogen-bond donors (Lipinski definition) is 5. The number of anilines is 1. The van der Waals surface area contributed by atoms with Crippen molar-refractivity contribution in [3.8, 4) is 11.6 Å². The average molecular weight is 597 g/mol. The fraction of sp³-hybridized carbons (Fsp3) is 0.250. The van der Waals surface area contributed by atoms with Gasteiger partial charge in [-0.2, -0.15) is 0 Å². The predicted octanol–water partition coefficient (Wildman–Crippen LogP) is 3.80. The van der Waals surface area contributed by atoms with Gasteiger partial charge in [-0.3, -0.25) is 14.4 Å². The topological polar surface area (TPSA) is 175 Å². The predicted molar refractivity (Wildman–Crippen MR) is 166 cm³/mol. The van der Waals surface area contributed by atoms with Crippen LogP contribution in [0.3, 0.4) is 0 Å². The Morgan fingerprint density at radius 1 is 1.07 bits per heavy atom. The van der Waals surface area contributed by atoms with Gasteiger partial charge in [0.1, 0.15) is 11.3 Å². The molecule has 1 fully saturated rings. The summed E-state index contributed by atoms with van der Waals surface area (Å²) in [5.41, 5.74) is 20.2. The number of ether oxygens (including phenoxy) is 1. The van der Waals surface area contributed by atoms with E-state index in [1.54, 1.807) is 24.3 Å². The van der Waals surface area contributed by atoms with Gasteiger partial charge in [-0.15, -0.1) is 11.3 Å². The summed E-state index contributed by atoms with van der Waals surface area (Å²) >= 11 is 1.20. The van der Waals surface area contributed by atoms with Gasteiger partial charge in [0.2, 0.25) is 11.8 Å². The van der Waals surface area contributed by atoms with E-state index in [0.29, 0.717) is 55.4 Å². The van der Waals surface area contributed by atoms with Crippen molar-refractivity contribution in [3.05, 3.63) is 95.0 Å². The standard InChI is InChI=1S/C32H32N6O4S/c1-2-23(39)37-18-7-6-8-19(15-18)38-31(41)29-26-25-21(12-13-22(33)28(25)43-29)32(35,30(40)27(26)34)17-11-14-24(36-16-17)42-20-9-4-3-5-10-20/h2-5,9-14,16,18-19,27H,1,6-8,15,33-35H2,(H,37,39)(H,38,41). The molecule has 0 spiro atoms. The fourth-order valence-electron chi connectivity index (χ4n) is 6.09. The monoisotopic (exact) mass is 596 g/mol. The number of nitrogens with one attached hydrogen (secondary N) is 2. The van der Waals surface area contributed by atoms with Gasteiger partial charge in [-0.05, 0) is 61.6 Å². The van der Waals surface area contributed by atoms with Crippen molar-refractivity contribution in [2.75, 3.05) is 5.73 Å². The molecule has 43 heavy (non-hydrogen) atoms. The summed E-state index contributed by atoms with van der Waals surface area (Å²) in [7, 11) is 0. The molecular weight excluding hydrogens is 564 g/mol. The first-order valence-corrected chi connectivity index (χ1v) is 14.9. The van der Waals surface area contributed by atoms with Crippen molar-refractivity contribution < 1.29 is 19.1 Å². The number of hydrogen-bond acceptors (Lipinski definition) is 9. The van der Waals surface area contributed by atoms with Crippen LogP contribution in [0.5, 0.6) is 11.6 Å². The third-order valence-electron chi connectivity index (χ3n) is 8.22. The Balaban J connectivity index is 1.34. The Morgan fingerprint density at radius 3 is 2.51 bits per heavy atom. The number of para-hydroxylation sites is 1. The fourth-order valence-corrected chi connectivity index (χ4v) is 7.30. The SMILES string of the molecule is C=CC(=O)NC1CCCC(NC(=O)c2sc3c(N)ccc4c3c2C(N)C(=O)C4(N)c2ccc(Oc3ccccc3)nc2)C1. The molecule has 0 radical (unpaired) electrons. The third-order valence-corrected chi connectivity index (χ3v) is 9.47. The number of pyridine rings is 1. The molecule has 2 aliphatic rings. The number of carbonyl (C=O) groups excluding carboxylic acids is 3. The summed E-state index contributed by atoms with van der Waals surface area (Å²) in [5, 5.41) is 6.64. The molecule has 0 aliphatic heterocycles. The normalized spacial score (nSPS) is 23.0. The second-order valence-corrected chi connectivity index (χ2v) is 12.0. The maximum Gasteiger partial charge on any atom is 0.261 e. The van der Waals surface area contributed by atoms with Gasteiger partial charge in [-0.25, -0.2) is 4.98 Å². The highest BCUT2D eigenvalue weighted by Gasteiger charge is 2.49. The van der Waals surface area contributed by atoms with E-state index in [-0.39, 0.29) is 23.9 Å². The van der Waals surface area contributed by atoms with Crippen LogP contribution in [0.15, 0.2) is 73.4 Å². The van der Waals surface area contributed by atoms with E-state index in [9.17, 15) is 14.4 Å². The van der Waals surface area contributed by atoms with Crippen molar-refractivity contribution in [2.24, 2.45) is 11.5 Å². The molecule has 1 saturated carbocycles. The van der Waals surface area contributed by atoms with Gasteiger partial charge < -0.3 is 32.6 Å². The van der Waals surface area contributed by atoms with Gasteiger partial charge >= 0.3 is 0 Å². The molecule has 220 valence electrons. The van der Waals surface area contributed by atoms with Crippen molar-refractivity contribution >= 4 is 44.7 Å². The van der Waals surface area contributed by atoms with Crippen molar-refractivity contribution in [2.45, 2.75) is 49.3 Å². The lowest BCUT2D eigenvalue weighted by Crippen LogP contribution is -2.52. The minimum atomic E-state index is -1.62. The smallest absolute Gasteiger partial charge is 0.261 e. The van der Waals surface area contributed by atoms with Crippen LogP contribution in [0.2, 0.25) is 0 Å². The number of carbonyl (C=O) groups is 3. The number of benzene rings is 2. The molecule has 4 unspecified atom stereocenters. The number of amides is 2. The number of nitrogens with zero attached hydrogens (tertiary/aromatic N) is 1. The molecule has 2 aromatic carbocycles. The summed E-state index contributed by atoms with van der Waals surface area (Å²) in [6.07, 6.45) is 5.79. The van der Waals surface area contributed by atoms with Gasteiger partial charge in [0.15, 0.2) is 5.78 Å². The third kappa shape index (κ3) is 5.05. The summed E-state index contributed by atoms with van der Waals surface area (Å²) in [5.74, 6) is -0.0591. The van der Waals surface area contributed by atoms with Crippen molar-refractivity contribution in [1.82, 2.24) is 15.6 Å². The number of ketones is 1. The van der Waals surface area contributed by atoms with Gasteiger partial charge in [0, 0.05) is 46.5 Å². The van der Waals surface area contributed by atoms with Crippen LogP contribution in [-0.4, -0.2) is 34.7 Å². The van der Waals surface area contributed by atoms with E-state index >= 15 is 0 Å². The van der Waals surface area contributed by atoms with Crippen LogP contribution in [0, 0.1) is 0 Å². The van der Waals surface area contributed by atoms with E-state index < -0.39 is 17.4 Å². The highest BCUT2D eigenvalue weighted by atomic mass is 32.1. The molecule has 11 heteroatoms. The number of rotatable bonds is 7. The van der Waals surface area contributed by atoms with Gasteiger partial charge in [0.05, 0.1) is 15.6 Å². The molecule has 2 aromatic heterocycles. The maximum atomic E-state index is 14.0. The van der Waals surface area contributed by atoms with Crippen LogP contribution in [0.25, 0.3) is 10.1 Å². The van der Waals surface area contributed by atoms with E-state index in [1.807, 2.05) is 30.3 Å².